The normalized spacial score (nSPS) is 25.1. The molecule has 3 rings (SSSR count). The number of nitrogens with zero attached hydrogens (tertiary/aromatic N) is 2. The second kappa shape index (κ2) is 4.06. The quantitative estimate of drug-likeness (QED) is 0.835. The smallest absolute Gasteiger partial charge is 0.0553 e. The minimum Gasteiger partial charge on any atom is -0.369 e. The number of anilines is 1. The molecule has 0 radical (unpaired) electrons. The summed E-state index contributed by atoms with van der Waals surface area (Å²) in [5.74, 6) is 0. The molecule has 1 N–H and O–H groups in total. The van der Waals surface area contributed by atoms with Crippen LogP contribution in [0.2, 0.25) is 0 Å². The molecule has 1 aliphatic heterocycles. The van der Waals surface area contributed by atoms with Gasteiger partial charge < -0.3 is 10.2 Å². The number of aromatic nitrogens is 1. The second-order valence-electron chi connectivity index (χ2n) is 5.03. The van der Waals surface area contributed by atoms with Crippen molar-refractivity contribution in [1.29, 1.82) is 0 Å². The summed E-state index contributed by atoms with van der Waals surface area (Å²) in [4.78, 5) is 6.80. The number of hydrogen-bond acceptors (Lipinski definition) is 3. The first kappa shape index (κ1) is 10.1. The van der Waals surface area contributed by atoms with Gasteiger partial charge in [0.1, 0.15) is 0 Å². The van der Waals surface area contributed by atoms with Crippen molar-refractivity contribution >= 4 is 5.69 Å². The fourth-order valence-electron chi connectivity index (χ4n) is 2.36. The van der Waals surface area contributed by atoms with Gasteiger partial charge in [-0.05, 0) is 38.3 Å². The highest BCUT2D eigenvalue weighted by molar-refractivity contribution is 5.45. The van der Waals surface area contributed by atoms with Gasteiger partial charge in [-0.15, -0.1) is 0 Å². The Labute approximate surface area is 96.9 Å². The molecule has 1 saturated carbocycles. The number of nitrogens with one attached hydrogen (secondary N) is 1. The molecular weight excluding hydrogens is 198 g/mol. The number of hydrogen-bond donors (Lipinski definition) is 1. The Hall–Kier alpha value is -1.09. The molecule has 0 aromatic carbocycles. The van der Waals surface area contributed by atoms with Gasteiger partial charge in [-0.2, -0.15) is 0 Å². The fraction of sp³-hybridized carbons (Fsp3) is 0.615. The van der Waals surface area contributed by atoms with Crippen molar-refractivity contribution in [3.8, 4) is 0 Å². The van der Waals surface area contributed by atoms with Crippen molar-refractivity contribution in [2.75, 3.05) is 18.0 Å². The molecule has 1 aromatic rings. The number of rotatable bonds is 3. The SMILES string of the molecule is Cc1ccc(N2CCC(NC3CC3)C2)cn1. The van der Waals surface area contributed by atoms with E-state index in [1.54, 1.807) is 0 Å². The van der Waals surface area contributed by atoms with E-state index in [4.69, 9.17) is 0 Å². The van der Waals surface area contributed by atoms with E-state index >= 15 is 0 Å². The lowest BCUT2D eigenvalue weighted by atomic mass is 10.2. The molecule has 3 heteroatoms. The van der Waals surface area contributed by atoms with E-state index in [-0.39, 0.29) is 0 Å². The van der Waals surface area contributed by atoms with Crippen LogP contribution < -0.4 is 10.2 Å². The highest BCUT2D eigenvalue weighted by Crippen LogP contribution is 2.24. The average Bonchev–Trinajstić information content (AvgIpc) is 2.97. The molecule has 0 spiro atoms. The van der Waals surface area contributed by atoms with Crippen molar-refractivity contribution in [2.45, 2.75) is 38.3 Å². The number of aryl methyl sites for hydroxylation is 1. The molecule has 86 valence electrons. The molecule has 16 heavy (non-hydrogen) atoms. The topological polar surface area (TPSA) is 28.2 Å². The Morgan fingerprint density at radius 3 is 2.81 bits per heavy atom. The van der Waals surface area contributed by atoms with Crippen LogP contribution in [0.1, 0.15) is 25.0 Å². The number of pyridine rings is 1. The summed E-state index contributed by atoms with van der Waals surface area (Å²) in [7, 11) is 0. The maximum absolute atomic E-state index is 4.36. The highest BCUT2D eigenvalue weighted by Gasteiger charge is 2.29. The van der Waals surface area contributed by atoms with Gasteiger partial charge in [0.2, 0.25) is 0 Å². The van der Waals surface area contributed by atoms with Crippen molar-refractivity contribution in [3.63, 3.8) is 0 Å². The van der Waals surface area contributed by atoms with Gasteiger partial charge in [-0.1, -0.05) is 0 Å². The van der Waals surface area contributed by atoms with Crippen LogP contribution in [0.3, 0.4) is 0 Å². The van der Waals surface area contributed by atoms with Gasteiger partial charge in [0.25, 0.3) is 0 Å². The maximum Gasteiger partial charge on any atom is 0.0553 e. The maximum atomic E-state index is 4.36. The molecule has 1 aliphatic carbocycles. The first-order chi connectivity index (χ1) is 7.81. The Morgan fingerprint density at radius 2 is 2.12 bits per heavy atom. The lowest BCUT2D eigenvalue weighted by Gasteiger charge is -2.18. The van der Waals surface area contributed by atoms with Gasteiger partial charge in [0, 0.05) is 30.9 Å². The molecule has 1 atom stereocenters. The zero-order chi connectivity index (χ0) is 11.0. The van der Waals surface area contributed by atoms with E-state index < -0.39 is 0 Å². The summed E-state index contributed by atoms with van der Waals surface area (Å²) in [6, 6.07) is 5.79. The average molecular weight is 217 g/mol. The molecule has 1 unspecified atom stereocenters. The van der Waals surface area contributed by atoms with Crippen LogP contribution in [-0.2, 0) is 0 Å². The first-order valence-electron chi connectivity index (χ1n) is 6.25. The lowest BCUT2D eigenvalue weighted by molar-refractivity contribution is 0.548. The Bertz CT molecular complexity index is 356. The highest BCUT2D eigenvalue weighted by atomic mass is 15.2. The molecule has 1 saturated heterocycles. The first-order valence-corrected chi connectivity index (χ1v) is 6.25. The summed E-state index contributed by atoms with van der Waals surface area (Å²) in [5.41, 5.74) is 2.36. The van der Waals surface area contributed by atoms with Crippen molar-refractivity contribution < 1.29 is 0 Å². The molecule has 2 aliphatic rings. The van der Waals surface area contributed by atoms with Gasteiger partial charge in [-0.25, -0.2) is 0 Å². The molecule has 2 heterocycles. The van der Waals surface area contributed by atoms with E-state index in [1.165, 1.54) is 24.9 Å². The molecule has 0 bridgehead atoms. The second-order valence-corrected chi connectivity index (χ2v) is 5.03. The van der Waals surface area contributed by atoms with Crippen LogP contribution in [0.25, 0.3) is 0 Å². The van der Waals surface area contributed by atoms with Gasteiger partial charge >= 0.3 is 0 Å². The zero-order valence-corrected chi connectivity index (χ0v) is 9.82. The molecule has 3 nitrogen and oxygen atoms in total. The van der Waals surface area contributed by atoms with Gasteiger partial charge in [0.05, 0.1) is 11.9 Å². The van der Waals surface area contributed by atoms with Crippen LogP contribution in [-0.4, -0.2) is 30.2 Å². The van der Waals surface area contributed by atoms with Crippen LogP contribution in [0, 0.1) is 6.92 Å². The van der Waals surface area contributed by atoms with Crippen molar-refractivity contribution in [2.24, 2.45) is 0 Å². The Kier molecular flexibility index (Phi) is 2.56. The summed E-state index contributed by atoms with van der Waals surface area (Å²) in [5, 5.41) is 3.70. The van der Waals surface area contributed by atoms with Crippen molar-refractivity contribution in [1.82, 2.24) is 10.3 Å². The predicted octanol–water partition coefficient (Wildman–Crippen LogP) is 1.72. The van der Waals surface area contributed by atoms with E-state index in [0.717, 1.165) is 24.8 Å². The minimum absolute atomic E-state index is 0.689. The third kappa shape index (κ3) is 2.19. The molecular formula is C13H19N3. The summed E-state index contributed by atoms with van der Waals surface area (Å²) >= 11 is 0. The molecule has 2 fully saturated rings. The predicted molar refractivity (Wildman–Crippen MR) is 65.7 cm³/mol. The van der Waals surface area contributed by atoms with Crippen LogP contribution in [0.15, 0.2) is 18.3 Å². The lowest BCUT2D eigenvalue weighted by Crippen LogP contribution is -2.33. The van der Waals surface area contributed by atoms with E-state index in [9.17, 15) is 0 Å². The molecule has 1 aromatic heterocycles. The van der Waals surface area contributed by atoms with Crippen LogP contribution in [0.4, 0.5) is 5.69 Å². The summed E-state index contributed by atoms with van der Waals surface area (Å²) in [6.45, 7) is 4.33. The minimum atomic E-state index is 0.689. The third-order valence-corrected chi connectivity index (χ3v) is 3.50. The zero-order valence-electron chi connectivity index (χ0n) is 9.82. The Morgan fingerprint density at radius 1 is 1.25 bits per heavy atom. The van der Waals surface area contributed by atoms with E-state index in [0.29, 0.717) is 6.04 Å². The fourth-order valence-corrected chi connectivity index (χ4v) is 2.36. The van der Waals surface area contributed by atoms with Gasteiger partial charge in [-0.3, -0.25) is 4.98 Å². The summed E-state index contributed by atoms with van der Waals surface area (Å²) < 4.78 is 0. The van der Waals surface area contributed by atoms with Gasteiger partial charge in [0.15, 0.2) is 0 Å². The Balaban J connectivity index is 1.61. The monoisotopic (exact) mass is 217 g/mol. The third-order valence-electron chi connectivity index (χ3n) is 3.50. The van der Waals surface area contributed by atoms with E-state index in [2.05, 4.69) is 27.3 Å². The largest absolute Gasteiger partial charge is 0.369 e. The summed E-state index contributed by atoms with van der Waals surface area (Å²) in [6.07, 6.45) is 6.02. The van der Waals surface area contributed by atoms with E-state index in [1.807, 2.05) is 13.1 Å². The van der Waals surface area contributed by atoms with Crippen molar-refractivity contribution in [3.05, 3.63) is 24.0 Å². The standard InChI is InChI=1S/C13H19N3/c1-10-2-5-13(8-14-10)16-7-6-12(9-16)15-11-3-4-11/h2,5,8,11-12,15H,3-4,6-7,9H2,1H3. The van der Waals surface area contributed by atoms with Crippen LogP contribution in [0.5, 0.6) is 0 Å². The van der Waals surface area contributed by atoms with Crippen LogP contribution >= 0.6 is 0 Å². The molecule has 0 amide bonds.